The molecule has 7 rings (SSSR count). The lowest BCUT2D eigenvalue weighted by molar-refractivity contribution is 0.407. The molecule has 5 aliphatic carbocycles. The highest BCUT2D eigenvalue weighted by molar-refractivity contribution is 5.64. The number of nitrogens with zero attached hydrogens (tertiary/aromatic N) is 2. The van der Waals surface area contributed by atoms with Gasteiger partial charge in [0.2, 0.25) is 0 Å². The van der Waals surface area contributed by atoms with Gasteiger partial charge in [-0.2, -0.15) is 0 Å². The minimum atomic E-state index is -0.0418. The fourth-order valence-electron chi connectivity index (χ4n) is 7.16. The second-order valence-corrected chi connectivity index (χ2v) is 13.0. The molecule has 45 heavy (non-hydrogen) atoms. The van der Waals surface area contributed by atoms with Gasteiger partial charge in [-0.15, -0.1) is 0 Å². The third kappa shape index (κ3) is 6.94. The molecule has 0 aliphatic heterocycles. The van der Waals surface area contributed by atoms with Gasteiger partial charge in [-0.1, -0.05) is 111 Å². The molecule has 0 spiro atoms. The topological polar surface area (TPSA) is 6.48 Å². The Morgan fingerprint density at radius 1 is 0.756 bits per heavy atom. The van der Waals surface area contributed by atoms with Crippen LogP contribution in [0.2, 0.25) is 0 Å². The lowest BCUT2D eigenvalue weighted by atomic mass is 9.82. The Morgan fingerprint density at radius 3 is 2.36 bits per heavy atom. The van der Waals surface area contributed by atoms with E-state index in [1.807, 2.05) is 0 Å². The van der Waals surface area contributed by atoms with Gasteiger partial charge < -0.3 is 9.80 Å². The van der Waals surface area contributed by atoms with E-state index in [2.05, 4.69) is 156 Å². The highest BCUT2D eigenvalue weighted by Gasteiger charge is 2.25. The van der Waals surface area contributed by atoms with Crippen molar-refractivity contribution in [1.29, 1.82) is 0 Å². The minimum absolute atomic E-state index is 0.0418. The predicted molar refractivity (Wildman–Crippen MR) is 191 cm³/mol. The van der Waals surface area contributed by atoms with Crippen LogP contribution < -0.4 is 9.80 Å². The average molecular weight is 589 g/mol. The van der Waals surface area contributed by atoms with Crippen LogP contribution in [0.1, 0.15) is 69.8 Å². The van der Waals surface area contributed by atoms with Crippen molar-refractivity contribution in [3.8, 4) is 11.8 Å². The second kappa shape index (κ2) is 13.7. The molecule has 0 amide bonds. The molecule has 0 saturated heterocycles. The Morgan fingerprint density at radius 2 is 1.58 bits per heavy atom. The smallest absolute Gasteiger partial charge is 0.114 e. The largest absolute Gasteiger partial charge is 0.324 e. The van der Waals surface area contributed by atoms with E-state index in [-0.39, 0.29) is 6.04 Å². The van der Waals surface area contributed by atoms with Crippen molar-refractivity contribution >= 4 is 11.4 Å². The molecule has 5 aliphatic rings. The van der Waals surface area contributed by atoms with Crippen molar-refractivity contribution in [3.05, 3.63) is 156 Å². The maximum atomic E-state index is 3.69. The number of hydrogen-bond acceptors (Lipinski definition) is 2. The molecule has 0 bridgehead atoms. The third-order valence-corrected chi connectivity index (χ3v) is 9.61. The standard InChI is InChI=1S/C43H44N2/c1-33-13-11-22-42(31-33)44(38-17-8-4-9-18-38)39-20-12-21-40(30-29-39)45(41-27-25-36(26-28-41)35-23-24-35)43-19-10-3-7-16-37(32-43)34-14-5-2-6-15-34/h4,7-9,11-13,16-18,21-30,32-35,43H,2-3,5-6,14-15,20,31H2,1H3/b16-7-,37-32+. The normalized spacial score (nSPS) is 24.8. The summed E-state index contributed by atoms with van der Waals surface area (Å²) < 4.78 is 0. The molecule has 2 aromatic carbocycles. The van der Waals surface area contributed by atoms with E-state index in [9.17, 15) is 0 Å². The molecular formula is C43H44N2. The van der Waals surface area contributed by atoms with Crippen LogP contribution in [-0.4, -0.2) is 6.04 Å². The van der Waals surface area contributed by atoms with Gasteiger partial charge >= 0.3 is 0 Å². The Balaban J connectivity index is 1.29. The first kappa shape index (κ1) is 29.2. The summed E-state index contributed by atoms with van der Waals surface area (Å²) in [6.45, 7) is 2.30. The summed E-state index contributed by atoms with van der Waals surface area (Å²) in [6, 6.07) is 19.9. The summed E-state index contributed by atoms with van der Waals surface area (Å²) in [7, 11) is 0. The lowest BCUT2D eigenvalue weighted by Crippen LogP contribution is -2.32. The molecule has 2 aromatic rings. The number of rotatable bonds is 8. The van der Waals surface area contributed by atoms with E-state index >= 15 is 0 Å². The van der Waals surface area contributed by atoms with Crippen LogP contribution in [0.25, 0.3) is 0 Å². The average Bonchev–Trinajstić information content (AvgIpc) is 3.93. The summed E-state index contributed by atoms with van der Waals surface area (Å²) >= 11 is 0. The molecule has 0 radical (unpaired) electrons. The summed E-state index contributed by atoms with van der Waals surface area (Å²) in [4.78, 5) is 4.93. The van der Waals surface area contributed by atoms with Gasteiger partial charge in [-0.25, -0.2) is 0 Å². The molecule has 2 heteroatoms. The number of benzene rings is 2. The Bertz CT molecular complexity index is 1670. The van der Waals surface area contributed by atoms with Crippen molar-refractivity contribution in [3.63, 3.8) is 0 Å². The zero-order chi connectivity index (χ0) is 30.4. The van der Waals surface area contributed by atoms with E-state index < -0.39 is 0 Å². The molecule has 2 unspecified atom stereocenters. The summed E-state index contributed by atoms with van der Waals surface area (Å²) in [5, 5.41) is 0. The highest BCUT2D eigenvalue weighted by atomic mass is 15.2. The van der Waals surface area contributed by atoms with Crippen LogP contribution in [0.15, 0.2) is 150 Å². The maximum Gasteiger partial charge on any atom is 0.114 e. The van der Waals surface area contributed by atoms with Crippen LogP contribution in [0.5, 0.6) is 0 Å². The molecule has 0 heterocycles. The molecule has 1 saturated carbocycles. The molecule has 1 fully saturated rings. The number of para-hydroxylation sites is 1. The van der Waals surface area contributed by atoms with Gasteiger partial charge in [0.25, 0.3) is 0 Å². The van der Waals surface area contributed by atoms with E-state index in [0.29, 0.717) is 17.8 Å². The van der Waals surface area contributed by atoms with Gasteiger partial charge in [-0.3, -0.25) is 0 Å². The third-order valence-electron chi connectivity index (χ3n) is 9.61. The summed E-state index contributed by atoms with van der Waals surface area (Å²) in [6.07, 6.45) is 37.0. The van der Waals surface area contributed by atoms with Crippen LogP contribution in [-0.2, 0) is 0 Å². The number of anilines is 2. The fourth-order valence-corrected chi connectivity index (χ4v) is 7.16. The molecule has 2 nitrogen and oxygen atoms in total. The molecule has 0 N–H and O–H groups in total. The van der Waals surface area contributed by atoms with Crippen molar-refractivity contribution in [1.82, 2.24) is 0 Å². The van der Waals surface area contributed by atoms with Crippen LogP contribution in [0.4, 0.5) is 11.4 Å². The van der Waals surface area contributed by atoms with Gasteiger partial charge in [0.05, 0.1) is 0 Å². The maximum absolute atomic E-state index is 3.69. The second-order valence-electron chi connectivity index (χ2n) is 13.0. The van der Waals surface area contributed by atoms with E-state index in [0.717, 1.165) is 19.3 Å². The van der Waals surface area contributed by atoms with Crippen molar-refractivity contribution in [2.45, 2.75) is 70.3 Å². The van der Waals surface area contributed by atoms with Crippen molar-refractivity contribution in [2.75, 3.05) is 9.80 Å². The first-order valence-electron chi connectivity index (χ1n) is 17.0. The SMILES string of the molecule is CC1C=CC=C(N(C2=CC=C(N(c3ccc(C4C=C4)cc3)C3C#CC/C=C\C(C4CCCCC4)=C/3)C=CC2)c2ccccc2)C1. The van der Waals surface area contributed by atoms with E-state index in [4.69, 9.17) is 0 Å². The predicted octanol–water partition coefficient (Wildman–Crippen LogP) is 10.7. The van der Waals surface area contributed by atoms with Gasteiger partial charge in [-0.05, 0) is 96.9 Å². The van der Waals surface area contributed by atoms with Gasteiger partial charge in [0.15, 0.2) is 0 Å². The Kier molecular flexibility index (Phi) is 8.88. The van der Waals surface area contributed by atoms with E-state index in [1.165, 1.54) is 71.7 Å². The van der Waals surface area contributed by atoms with Crippen molar-refractivity contribution < 1.29 is 0 Å². The van der Waals surface area contributed by atoms with Crippen LogP contribution in [0, 0.1) is 23.7 Å². The highest BCUT2D eigenvalue weighted by Crippen LogP contribution is 2.37. The first-order chi connectivity index (χ1) is 22.2. The molecule has 226 valence electrons. The lowest BCUT2D eigenvalue weighted by Gasteiger charge is -2.32. The Hall–Kier alpha value is -4.48. The van der Waals surface area contributed by atoms with Crippen LogP contribution in [0.3, 0.4) is 0 Å². The molecule has 0 aromatic heterocycles. The van der Waals surface area contributed by atoms with Crippen LogP contribution >= 0.6 is 0 Å². The number of hydrogen-bond donors (Lipinski definition) is 0. The van der Waals surface area contributed by atoms with Gasteiger partial charge in [0, 0.05) is 47.2 Å². The summed E-state index contributed by atoms with van der Waals surface area (Å²) in [5.41, 5.74) is 9.01. The first-order valence-corrected chi connectivity index (χ1v) is 17.0. The number of allylic oxidation sites excluding steroid dienone is 13. The minimum Gasteiger partial charge on any atom is -0.324 e. The zero-order valence-corrected chi connectivity index (χ0v) is 26.5. The monoisotopic (exact) mass is 588 g/mol. The molecule has 2 atom stereocenters. The van der Waals surface area contributed by atoms with Crippen molar-refractivity contribution in [2.24, 2.45) is 11.8 Å². The van der Waals surface area contributed by atoms with Gasteiger partial charge in [0.1, 0.15) is 6.04 Å². The quantitative estimate of drug-likeness (QED) is 0.224. The van der Waals surface area contributed by atoms with E-state index in [1.54, 1.807) is 0 Å². The molecular weight excluding hydrogens is 544 g/mol. The summed E-state index contributed by atoms with van der Waals surface area (Å²) in [5.74, 6) is 8.81. The Labute approximate surface area is 270 Å². The fraction of sp³-hybridized carbons (Fsp3) is 0.302. The zero-order valence-electron chi connectivity index (χ0n) is 26.5.